The second kappa shape index (κ2) is 4.24. The van der Waals surface area contributed by atoms with Gasteiger partial charge in [-0.3, -0.25) is 0 Å². The Balaban J connectivity index is 2.51. The Labute approximate surface area is 100 Å². The highest BCUT2D eigenvalue weighted by Crippen LogP contribution is 2.32. The Morgan fingerprint density at radius 1 is 1.40 bits per heavy atom. The first-order valence-corrected chi connectivity index (χ1v) is 5.34. The van der Waals surface area contributed by atoms with E-state index in [1.165, 1.54) is 0 Å². The van der Waals surface area contributed by atoms with Gasteiger partial charge < -0.3 is 9.26 Å². The summed E-state index contributed by atoms with van der Waals surface area (Å²) in [4.78, 5) is 0. The molecule has 0 radical (unpaired) electrons. The number of rotatable bonds is 2. The van der Waals surface area contributed by atoms with Crippen molar-refractivity contribution in [3.8, 4) is 17.0 Å². The SMILES string of the molecule is COc1ccc(Br)c(-c2cc(Cl)on2)c1. The van der Waals surface area contributed by atoms with Crippen molar-refractivity contribution in [2.75, 3.05) is 7.11 Å². The van der Waals surface area contributed by atoms with E-state index in [-0.39, 0.29) is 5.22 Å². The fourth-order valence-electron chi connectivity index (χ4n) is 1.21. The molecule has 0 saturated heterocycles. The highest BCUT2D eigenvalue weighted by Gasteiger charge is 2.09. The monoisotopic (exact) mass is 287 g/mol. The lowest BCUT2D eigenvalue weighted by Gasteiger charge is -2.03. The minimum atomic E-state index is 0.264. The van der Waals surface area contributed by atoms with Crippen LogP contribution in [-0.4, -0.2) is 12.3 Å². The molecule has 1 aromatic heterocycles. The molecule has 0 fully saturated rings. The Kier molecular flexibility index (Phi) is 2.98. The molecule has 2 rings (SSSR count). The topological polar surface area (TPSA) is 35.3 Å². The molecule has 78 valence electrons. The molecule has 0 aliphatic heterocycles. The molecule has 5 heteroatoms. The molecular weight excluding hydrogens is 281 g/mol. The van der Waals surface area contributed by atoms with Crippen LogP contribution < -0.4 is 4.74 Å². The van der Waals surface area contributed by atoms with Crippen molar-refractivity contribution in [1.82, 2.24) is 5.16 Å². The van der Waals surface area contributed by atoms with Crippen LogP contribution in [0.3, 0.4) is 0 Å². The standard InChI is InChI=1S/C10H7BrClNO2/c1-14-6-2-3-8(11)7(4-6)9-5-10(12)15-13-9/h2-5H,1H3. The van der Waals surface area contributed by atoms with E-state index in [9.17, 15) is 0 Å². The van der Waals surface area contributed by atoms with Crippen molar-refractivity contribution >= 4 is 27.5 Å². The van der Waals surface area contributed by atoms with Gasteiger partial charge in [-0.25, -0.2) is 0 Å². The average molecular weight is 289 g/mol. The van der Waals surface area contributed by atoms with E-state index in [0.717, 1.165) is 15.8 Å². The third-order valence-corrected chi connectivity index (χ3v) is 2.80. The Bertz CT molecular complexity index is 484. The molecule has 0 atom stereocenters. The Morgan fingerprint density at radius 2 is 2.20 bits per heavy atom. The quantitative estimate of drug-likeness (QED) is 0.844. The first-order chi connectivity index (χ1) is 7.20. The van der Waals surface area contributed by atoms with Crippen LogP contribution >= 0.6 is 27.5 Å². The summed E-state index contributed by atoms with van der Waals surface area (Å²) in [5, 5.41) is 4.09. The highest BCUT2D eigenvalue weighted by molar-refractivity contribution is 9.10. The van der Waals surface area contributed by atoms with E-state index < -0.39 is 0 Å². The maximum absolute atomic E-state index is 5.66. The Hall–Kier alpha value is -1.00. The van der Waals surface area contributed by atoms with Gasteiger partial charge >= 0.3 is 0 Å². The molecular formula is C10H7BrClNO2. The smallest absolute Gasteiger partial charge is 0.226 e. The number of halogens is 2. The van der Waals surface area contributed by atoms with E-state index in [2.05, 4.69) is 21.1 Å². The lowest BCUT2D eigenvalue weighted by atomic mass is 10.1. The third kappa shape index (κ3) is 2.16. The second-order valence-corrected chi connectivity index (χ2v) is 4.09. The van der Waals surface area contributed by atoms with Gasteiger partial charge in [0, 0.05) is 16.1 Å². The number of ether oxygens (including phenoxy) is 1. The molecule has 0 spiro atoms. The zero-order chi connectivity index (χ0) is 10.8. The van der Waals surface area contributed by atoms with Crippen LogP contribution in [0.4, 0.5) is 0 Å². The van der Waals surface area contributed by atoms with E-state index in [1.54, 1.807) is 13.2 Å². The van der Waals surface area contributed by atoms with Crippen molar-refractivity contribution in [2.24, 2.45) is 0 Å². The van der Waals surface area contributed by atoms with Crippen molar-refractivity contribution < 1.29 is 9.26 Å². The molecule has 3 nitrogen and oxygen atoms in total. The number of hydrogen-bond acceptors (Lipinski definition) is 3. The van der Waals surface area contributed by atoms with Crippen molar-refractivity contribution in [2.45, 2.75) is 0 Å². The number of hydrogen-bond donors (Lipinski definition) is 0. The van der Waals surface area contributed by atoms with E-state index in [0.29, 0.717) is 5.69 Å². The fourth-order valence-corrected chi connectivity index (χ4v) is 1.80. The molecule has 0 N–H and O–H groups in total. The summed E-state index contributed by atoms with van der Waals surface area (Å²) in [5.41, 5.74) is 1.55. The van der Waals surface area contributed by atoms with Crippen molar-refractivity contribution in [3.63, 3.8) is 0 Å². The largest absolute Gasteiger partial charge is 0.497 e. The van der Waals surface area contributed by atoms with Crippen molar-refractivity contribution in [1.29, 1.82) is 0 Å². The number of methoxy groups -OCH3 is 1. The fraction of sp³-hybridized carbons (Fsp3) is 0.100. The summed E-state index contributed by atoms with van der Waals surface area (Å²) in [6.07, 6.45) is 0. The molecule has 0 amide bonds. The van der Waals surface area contributed by atoms with Crippen LogP contribution in [0.5, 0.6) is 5.75 Å². The van der Waals surface area contributed by atoms with Crippen LogP contribution in [0, 0.1) is 0 Å². The predicted molar refractivity (Wildman–Crippen MR) is 61.2 cm³/mol. The molecule has 2 aromatic rings. The molecule has 0 unspecified atom stereocenters. The van der Waals surface area contributed by atoms with Crippen LogP contribution in [0.25, 0.3) is 11.3 Å². The summed E-state index contributed by atoms with van der Waals surface area (Å²) in [5.74, 6) is 0.757. The van der Waals surface area contributed by atoms with Gasteiger partial charge in [-0.05, 0) is 29.8 Å². The van der Waals surface area contributed by atoms with Crippen molar-refractivity contribution in [3.05, 3.63) is 34.0 Å². The second-order valence-electron chi connectivity index (χ2n) is 2.86. The maximum Gasteiger partial charge on any atom is 0.226 e. The van der Waals surface area contributed by atoms with Gasteiger partial charge in [-0.1, -0.05) is 21.1 Å². The van der Waals surface area contributed by atoms with Crippen LogP contribution in [-0.2, 0) is 0 Å². The minimum absolute atomic E-state index is 0.264. The van der Waals surface area contributed by atoms with Crippen LogP contribution in [0.2, 0.25) is 5.22 Å². The molecule has 15 heavy (non-hydrogen) atoms. The summed E-state index contributed by atoms with van der Waals surface area (Å²) < 4.78 is 10.8. The van der Waals surface area contributed by atoms with Gasteiger partial charge in [0.05, 0.1) is 7.11 Å². The van der Waals surface area contributed by atoms with Gasteiger partial charge in [0.2, 0.25) is 5.22 Å². The van der Waals surface area contributed by atoms with Crippen LogP contribution in [0.1, 0.15) is 0 Å². The van der Waals surface area contributed by atoms with Gasteiger partial charge in [0.15, 0.2) is 0 Å². The summed E-state index contributed by atoms with van der Waals surface area (Å²) in [6.45, 7) is 0. The number of benzene rings is 1. The molecule has 0 aliphatic carbocycles. The molecule has 1 heterocycles. The third-order valence-electron chi connectivity index (χ3n) is 1.93. The molecule has 0 bridgehead atoms. The van der Waals surface area contributed by atoms with Gasteiger partial charge in [0.25, 0.3) is 0 Å². The normalized spacial score (nSPS) is 10.3. The maximum atomic E-state index is 5.66. The van der Waals surface area contributed by atoms with Crippen LogP contribution in [0.15, 0.2) is 33.3 Å². The van der Waals surface area contributed by atoms with Gasteiger partial charge in [-0.2, -0.15) is 0 Å². The first kappa shape index (κ1) is 10.5. The summed E-state index contributed by atoms with van der Waals surface area (Å²) >= 11 is 9.09. The lowest BCUT2D eigenvalue weighted by Crippen LogP contribution is -1.85. The summed E-state index contributed by atoms with van der Waals surface area (Å²) in [6, 6.07) is 7.26. The predicted octanol–water partition coefficient (Wildman–Crippen LogP) is 3.77. The van der Waals surface area contributed by atoms with E-state index >= 15 is 0 Å². The number of aromatic nitrogens is 1. The highest BCUT2D eigenvalue weighted by atomic mass is 79.9. The lowest BCUT2D eigenvalue weighted by molar-refractivity contribution is 0.414. The Morgan fingerprint density at radius 3 is 2.80 bits per heavy atom. The molecule has 0 aliphatic rings. The van der Waals surface area contributed by atoms with E-state index in [1.807, 2.05) is 18.2 Å². The van der Waals surface area contributed by atoms with Gasteiger partial charge in [-0.15, -0.1) is 0 Å². The first-order valence-electron chi connectivity index (χ1n) is 4.17. The average Bonchev–Trinajstić information content (AvgIpc) is 2.65. The molecule has 0 saturated carbocycles. The van der Waals surface area contributed by atoms with Gasteiger partial charge in [0.1, 0.15) is 11.4 Å². The van der Waals surface area contributed by atoms with E-state index in [4.69, 9.17) is 20.9 Å². The zero-order valence-corrected chi connectivity index (χ0v) is 10.2. The minimum Gasteiger partial charge on any atom is -0.497 e. The number of nitrogens with zero attached hydrogens (tertiary/aromatic N) is 1. The summed E-state index contributed by atoms with van der Waals surface area (Å²) in [7, 11) is 1.61. The zero-order valence-electron chi connectivity index (χ0n) is 7.83. The molecule has 1 aromatic carbocycles.